The van der Waals surface area contributed by atoms with E-state index in [2.05, 4.69) is 22.9 Å². The molecule has 0 amide bonds. The fourth-order valence-electron chi connectivity index (χ4n) is 0.363. The molecular weight excluding hydrogens is 126 g/mol. The summed E-state index contributed by atoms with van der Waals surface area (Å²) in [6.07, 6.45) is 0. The highest BCUT2D eigenvalue weighted by molar-refractivity contribution is 7.80. The molecule has 5 heteroatoms. The second-order valence-corrected chi connectivity index (χ2v) is 1.88. The van der Waals surface area contributed by atoms with E-state index in [9.17, 15) is 4.91 Å². The lowest BCUT2D eigenvalue weighted by Crippen LogP contribution is -2.22. The summed E-state index contributed by atoms with van der Waals surface area (Å²) in [6, 6.07) is 0. The Kier molecular flexibility index (Phi) is 1.38. The van der Waals surface area contributed by atoms with Crippen molar-refractivity contribution in [1.29, 1.82) is 0 Å². The van der Waals surface area contributed by atoms with Crippen molar-refractivity contribution in [3.8, 4) is 0 Å². The molecule has 44 valence electrons. The van der Waals surface area contributed by atoms with Crippen LogP contribution < -0.4 is 5.43 Å². The van der Waals surface area contributed by atoms with Crippen LogP contribution in [0, 0.1) is 4.91 Å². The third-order valence-corrected chi connectivity index (χ3v) is 1.23. The minimum atomic E-state index is 0.431. The van der Waals surface area contributed by atoms with E-state index in [1.807, 2.05) is 4.90 Å². The minimum absolute atomic E-state index is 0.431. The highest BCUT2D eigenvalue weighted by Gasteiger charge is 2.19. The molecule has 0 unspecified atom stereocenters. The molecule has 0 aliphatic carbocycles. The van der Waals surface area contributed by atoms with Crippen molar-refractivity contribution in [3.05, 3.63) is 4.91 Å². The van der Waals surface area contributed by atoms with Crippen molar-refractivity contribution in [1.82, 2.24) is 10.3 Å². The molecular formula is C3H5N3OS. The van der Waals surface area contributed by atoms with Crippen molar-refractivity contribution in [2.45, 2.75) is 0 Å². The number of hydrogen-bond donors (Lipinski definition) is 1. The maximum absolute atomic E-state index is 9.47. The molecule has 1 fully saturated rings. The largest absolute Gasteiger partial charge is 0.344 e. The van der Waals surface area contributed by atoms with E-state index in [4.69, 9.17) is 0 Å². The van der Waals surface area contributed by atoms with Crippen molar-refractivity contribution in [2.24, 2.45) is 5.29 Å². The summed E-state index contributed by atoms with van der Waals surface area (Å²) in [5.41, 5.74) is 2.13. The molecule has 1 saturated heterocycles. The lowest BCUT2D eigenvalue weighted by atomic mass is 11.0. The molecule has 8 heavy (non-hydrogen) atoms. The summed E-state index contributed by atoms with van der Waals surface area (Å²) in [5.74, 6) is 0. The van der Waals surface area contributed by atoms with E-state index in [-0.39, 0.29) is 0 Å². The van der Waals surface area contributed by atoms with Gasteiger partial charge in [-0.2, -0.15) is 0 Å². The van der Waals surface area contributed by atoms with E-state index in [1.54, 1.807) is 0 Å². The van der Waals surface area contributed by atoms with Gasteiger partial charge in [0.2, 0.25) is 0 Å². The van der Waals surface area contributed by atoms with Crippen LogP contribution in [0.4, 0.5) is 0 Å². The van der Waals surface area contributed by atoms with Crippen LogP contribution in [-0.2, 0) is 0 Å². The lowest BCUT2D eigenvalue weighted by Gasteiger charge is -1.96. The standard InChI is InChI=1S/C3H5N3OS/c7-5-4-3(8)6-1-2-6/h1-2H2,(H,4,7,8). The molecule has 0 aromatic rings. The zero-order valence-electron chi connectivity index (χ0n) is 4.13. The zero-order chi connectivity index (χ0) is 5.98. The predicted octanol–water partition coefficient (Wildman–Crippen LogP) is -0.142. The van der Waals surface area contributed by atoms with Crippen LogP contribution in [0.25, 0.3) is 0 Å². The summed E-state index contributed by atoms with van der Waals surface area (Å²) in [6.45, 7) is 1.89. The van der Waals surface area contributed by atoms with Crippen LogP contribution in [0.15, 0.2) is 5.29 Å². The Morgan fingerprint density at radius 3 is 2.75 bits per heavy atom. The fourth-order valence-corrected chi connectivity index (χ4v) is 0.583. The highest BCUT2D eigenvalue weighted by Crippen LogP contribution is 2.02. The summed E-state index contributed by atoms with van der Waals surface area (Å²) in [5, 5.41) is 2.84. The minimum Gasteiger partial charge on any atom is -0.344 e. The Balaban J connectivity index is 2.22. The van der Waals surface area contributed by atoms with Gasteiger partial charge in [-0.1, -0.05) is 0 Å². The molecule has 1 heterocycles. The number of nitrogens with one attached hydrogen (secondary N) is 1. The molecule has 0 radical (unpaired) electrons. The Morgan fingerprint density at radius 1 is 1.75 bits per heavy atom. The Morgan fingerprint density at radius 2 is 2.38 bits per heavy atom. The summed E-state index contributed by atoms with van der Waals surface area (Å²) >= 11 is 4.66. The van der Waals surface area contributed by atoms with Crippen LogP contribution in [0.5, 0.6) is 0 Å². The molecule has 1 rings (SSSR count). The molecule has 0 saturated carbocycles. The molecule has 4 nitrogen and oxygen atoms in total. The van der Waals surface area contributed by atoms with Gasteiger partial charge in [-0.25, -0.2) is 5.43 Å². The number of hydrogen-bond acceptors (Lipinski definition) is 3. The fraction of sp³-hybridized carbons (Fsp3) is 0.667. The lowest BCUT2D eigenvalue weighted by molar-refractivity contribution is 0.792. The molecule has 1 aliphatic heterocycles. The Labute approximate surface area is 51.8 Å². The first kappa shape index (κ1) is 5.43. The van der Waals surface area contributed by atoms with Gasteiger partial charge >= 0.3 is 0 Å². The zero-order valence-corrected chi connectivity index (χ0v) is 4.94. The maximum atomic E-state index is 9.47. The van der Waals surface area contributed by atoms with Gasteiger partial charge in [0.15, 0.2) is 5.11 Å². The molecule has 0 bridgehead atoms. The molecule has 0 aromatic heterocycles. The average Bonchev–Trinajstić information content (AvgIpc) is 2.45. The number of nitrogens with zero attached hydrogens (tertiary/aromatic N) is 2. The number of rotatable bonds is 1. The van der Waals surface area contributed by atoms with Gasteiger partial charge in [0, 0.05) is 13.1 Å². The van der Waals surface area contributed by atoms with Crippen LogP contribution >= 0.6 is 12.2 Å². The summed E-state index contributed by atoms with van der Waals surface area (Å²) in [4.78, 5) is 11.3. The van der Waals surface area contributed by atoms with E-state index < -0.39 is 0 Å². The SMILES string of the molecule is O=NNC(=S)N1CC1. The van der Waals surface area contributed by atoms with Crippen LogP contribution in [-0.4, -0.2) is 23.1 Å². The summed E-state index contributed by atoms with van der Waals surface area (Å²) < 4.78 is 0. The third kappa shape index (κ3) is 1.13. The summed E-state index contributed by atoms with van der Waals surface area (Å²) in [7, 11) is 0. The first-order valence-corrected chi connectivity index (χ1v) is 2.62. The van der Waals surface area contributed by atoms with Gasteiger partial charge in [0.25, 0.3) is 0 Å². The van der Waals surface area contributed by atoms with Gasteiger partial charge in [-0.05, 0) is 12.2 Å². The van der Waals surface area contributed by atoms with Gasteiger partial charge in [-0.15, -0.1) is 4.91 Å². The number of nitroso groups, excluding NO2 is 1. The smallest absolute Gasteiger partial charge is 0.192 e. The monoisotopic (exact) mass is 131 g/mol. The first-order chi connectivity index (χ1) is 3.84. The topological polar surface area (TPSA) is 44.5 Å². The van der Waals surface area contributed by atoms with Gasteiger partial charge in [-0.3, -0.25) is 0 Å². The van der Waals surface area contributed by atoms with Crippen molar-refractivity contribution < 1.29 is 0 Å². The third-order valence-electron chi connectivity index (χ3n) is 0.876. The second-order valence-electron chi connectivity index (χ2n) is 1.50. The van der Waals surface area contributed by atoms with Crippen LogP contribution in [0.2, 0.25) is 0 Å². The van der Waals surface area contributed by atoms with Gasteiger partial charge in [0.05, 0.1) is 5.29 Å². The van der Waals surface area contributed by atoms with Crippen molar-refractivity contribution >= 4 is 17.3 Å². The van der Waals surface area contributed by atoms with Crippen molar-refractivity contribution in [3.63, 3.8) is 0 Å². The van der Waals surface area contributed by atoms with Crippen LogP contribution in [0.1, 0.15) is 0 Å². The Bertz CT molecular complexity index is 122. The first-order valence-electron chi connectivity index (χ1n) is 2.22. The Hall–Kier alpha value is -0.710. The van der Waals surface area contributed by atoms with E-state index in [0.29, 0.717) is 5.11 Å². The highest BCUT2D eigenvalue weighted by atomic mass is 32.1. The molecule has 1 N–H and O–H groups in total. The molecule has 0 atom stereocenters. The van der Waals surface area contributed by atoms with Crippen LogP contribution in [0.3, 0.4) is 0 Å². The van der Waals surface area contributed by atoms with E-state index in [1.165, 1.54) is 0 Å². The second kappa shape index (κ2) is 2.04. The van der Waals surface area contributed by atoms with Gasteiger partial charge in [0.1, 0.15) is 0 Å². The molecule has 1 aliphatic rings. The molecule has 0 spiro atoms. The van der Waals surface area contributed by atoms with E-state index in [0.717, 1.165) is 13.1 Å². The quantitative estimate of drug-likeness (QED) is 0.233. The van der Waals surface area contributed by atoms with E-state index >= 15 is 0 Å². The average molecular weight is 131 g/mol. The maximum Gasteiger partial charge on any atom is 0.192 e. The van der Waals surface area contributed by atoms with Gasteiger partial charge < -0.3 is 4.90 Å². The molecule has 0 aromatic carbocycles. The predicted molar refractivity (Wildman–Crippen MR) is 33.1 cm³/mol. The van der Waals surface area contributed by atoms with Crippen molar-refractivity contribution in [2.75, 3.05) is 13.1 Å². The normalized spacial score (nSPS) is 15.2. The number of thiocarbonyl (C=S) groups is 1.